The quantitative estimate of drug-likeness (QED) is 0.0589. The Balaban J connectivity index is 1.55. The highest BCUT2D eigenvalue weighted by Crippen LogP contribution is 2.45. The molecule has 20 heteroatoms. The zero-order chi connectivity index (χ0) is 51.4. The molecule has 3 aromatic carbocycles. The second-order valence-corrected chi connectivity index (χ2v) is 18.7. The van der Waals surface area contributed by atoms with Crippen LogP contribution in [0.3, 0.4) is 0 Å². The van der Waals surface area contributed by atoms with Gasteiger partial charge in [0, 0.05) is 74.0 Å². The monoisotopic (exact) mass is 971 g/mol. The van der Waals surface area contributed by atoms with Gasteiger partial charge in [-0.25, -0.2) is 4.79 Å². The van der Waals surface area contributed by atoms with Crippen LogP contribution in [0.2, 0.25) is 0 Å². The van der Waals surface area contributed by atoms with Crippen LogP contribution in [0.1, 0.15) is 80.9 Å². The van der Waals surface area contributed by atoms with E-state index in [-0.39, 0.29) is 78.3 Å². The van der Waals surface area contributed by atoms with Gasteiger partial charge in [-0.15, -0.1) is 0 Å². The molecule has 0 spiro atoms. The minimum Gasteiger partial charge on any atom is -0.504 e. The number of fused-ring (bicyclic) bond motifs is 5. The Morgan fingerprint density at radius 1 is 0.886 bits per heavy atom. The molecule has 5 rings (SSSR count). The van der Waals surface area contributed by atoms with Crippen LogP contribution >= 0.6 is 0 Å². The highest BCUT2D eigenvalue weighted by Gasteiger charge is 2.37. The van der Waals surface area contributed by atoms with Crippen molar-refractivity contribution in [2.75, 3.05) is 46.5 Å². The van der Waals surface area contributed by atoms with Crippen molar-refractivity contribution < 1.29 is 58.6 Å². The largest absolute Gasteiger partial charge is 0.504 e. The van der Waals surface area contributed by atoms with Crippen molar-refractivity contribution >= 4 is 29.4 Å². The number of ether oxygens (including phenoxy) is 3. The van der Waals surface area contributed by atoms with E-state index in [0.717, 1.165) is 22.1 Å². The molecule has 70 heavy (non-hydrogen) atoms. The smallest absolute Gasteiger partial charge is 0.326 e. The molecule has 4 aromatic rings. The van der Waals surface area contributed by atoms with Gasteiger partial charge in [0.15, 0.2) is 23.1 Å². The Hall–Kier alpha value is -6.71. The van der Waals surface area contributed by atoms with Crippen molar-refractivity contribution in [3.05, 3.63) is 93.9 Å². The molecule has 1 aliphatic heterocycles. The minimum absolute atomic E-state index is 0.0233. The Morgan fingerprint density at radius 2 is 1.54 bits per heavy atom. The van der Waals surface area contributed by atoms with Crippen molar-refractivity contribution in [2.45, 2.75) is 84.1 Å². The van der Waals surface area contributed by atoms with E-state index in [4.69, 9.17) is 31.4 Å². The molecule has 1 aliphatic rings. The normalized spacial score (nSPS) is 17.6. The van der Waals surface area contributed by atoms with Crippen LogP contribution in [0.4, 0.5) is 0 Å². The fourth-order valence-electron chi connectivity index (χ4n) is 7.72. The highest BCUT2D eigenvalue weighted by molar-refractivity contribution is 5.99. The summed E-state index contributed by atoms with van der Waals surface area (Å²) in [4.78, 5) is 83.9. The SMILES string of the molecule is C[C@@H]1CC(=O)[C@@H](N(C)C(=O)[C@H](CCN)CC(=O)c2cnn(-c3ccc(OCCC(C)(C)C)cc3)c(=O)c2)c2cc(OC[C@H](O)CN)c(O)c(c2)-c2cc(ccc2OC[C@H](O)CN)C[C@@H](C(=O)O)NC1=O. The third-order valence-electron chi connectivity index (χ3n) is 11.8. The summed E-state index contributed by atoms with van der Waals surface area (Å²) in [6, 6.07) is 12.1. The van der Waals surface area contributed by atoms with Crippen molar-refractivity contribution in [1.82, 2.24) is 20.0 Å². The first-order valence-electron chi connectivity index (χ1n) is 23.0. The highest BCUT2D eigenvalue weighted by atomic mass is 16.5. The molecule has 1 aromatic heterocycles. The van der Waals surface area contributed by atoms with E-state index in [0.29, 0.717) is 23.6 Å². The topological polar surface area (TPSA) is 322 Å². The second kappa shape index (κ2) is 24.2. The first kappa shape index (κ1) is 54.2. The zero-order valence-corrected chi connectivity index (χ0v) is 40.1. The number of Topliss-reactive ketones (excluding diaryl/α,β-unsaturated/α-hetero) is 2. The Morgan fingerprint density at radius 3 is 2.14 bits per heavy atom. The average Bonchev–Trinajstić information content (AvgIpc) is 3.32. The fourth-order valence-corrected chi connectivity index (χ4v) is 7.72. The maximum atomic E-state index is 14.8. The molecule has 0 saturated carbocycles. The molecule has 0 fully saturated rings. The number of nitrogens with zero attached hydrogens (tertiary/aromatic N) is 3. The molecule has 0 aliphatic carbocycles. The van der Waals surface area contributed by atoms with Crippen molar-refractivity contribution in [3.63, 3.8) is 0 Å². The van der Waals surface area contributed by atoms with Crippen LogP contribution in [-0.2, 0) is 25.6 Å². The lowest BCUT2D eigenvalue weighted by molar-refractivity contribution is -0.144. The summed E-state index contributed by atoms with van der Waals surface area (Å²) in [6.45, 7) is 7.15. The molecule has 20 nitrogen and oxygen atoms in total. The average molecular weight is 972 g/mol. The molecule has 2 heterocycles. The Kier molecular flexibility index (Phi) is 18.8. The second-order valence-electron chi connectivity index (χ2n) is 18.7. The molecule has 0 unspecified atom stereocenters. The number of carboxylic acid groups (broad SMARTS) is 1. The molecule has 2 amide bonds. The summed E-state index contributed by atoms with van der Waals surface area (Å²) in [5, 5.41) is 49.4. The number of aliphatic carboxylic acids is 1. The number of carbonyl (C=O) groups is 5. The predicted molar refractivity (Wildman–Crippen MR) is 258 cm³/mol. The van der Waals surface area contributed by atoms with Gasteiger partial charge < -0.3 is 62.1 Å². The summed E-state index contributed by atoms with van der Waals surface area (Å²) in [5.74, 6) is -6.47. The van der Waals surface area contributed by atoms with Gasteiger partial charge in [0.2, 0.25) is 11.8 Å². The number of carboxylic acids is 1. The van der Waals surface area contributed by atoms with Crippen LogP contribution in [0.25, 0.3) is 16.8 Å². The van der Waals surface area contributed by atoms with Gasteiger partial charge in [0.05, 0.1) is 18.5 Å². The lowest BCUT2D eigenvalue weighted by Gasteiger charge is -2.32. The van der Waals surface area contributed by atoms with Gasteiger partial charge in [-0.1, -0.05) is 33.8 Å². The van der Waals surface area contributed by atoms with E-state index in [1.807, 2.05) is 0 Å². The lowest BCUT2D eigenvalue weighted by atomic mass is 9.88. The number of likely N-dealkylation sites (N-methyl/N-ethyl adjacent to an activating group) is 1. The molecule has 4 bridgehead atoms. The third-order valence-corrected chi connectivity index (χ3v) is 11.8. The lowest BCUT2D eigenvalue weighted by Crippen LogP contribution is -2.45. The number of nitrogens with one attached hydrogen (secondary N) is 1. The molecule has 0 saturated heterocycles. The summed E-state index contributed by atoms with van der Waals surface area (Å²) in [6.07, 6.45) is -1.46. The molecule has 0 radical (unpaired) electrons. The zero-order valence-electron chi connectivity index (χ0n) is 40.1. The minimum atomic E-state index is -1.55. The molecule has 6 atom stereocenters. The van der Waals surface area contributed by atoms with Crippen LogP contribution < -0.4 is 42.3 Å². The van der Waals surface area contributed by atoms with Crippen molar-refractivity contribution in [1.29, 1.82) is 0 Å². The van der Waals surface area contributed by atoms with E-state index >= 15 is 0 Å². The van der Waals surface area contributed by atoms with Crippen LogP contribution in [0, 0.1) is 17.3 Å². The van der Waals surface area contributed by atoms with E-state index in [9.17, 15) is 49.2 Å². The van der Waals surface area contributed by atoms with E-state index in [1.54, 1.807) is 30.3 Å². The van der Waals surface area contributed by atoms with Crippen molar-refractivity contribution in [3.8, 4) is 39.8 Å². The standard InChI is InChI=1S/C50H65N7O13/c1-28-16-41(61)45(56(5)48(65)30(12-14-51)20-40(60)32-22-44(62)57(54-25-32)33-7-9-36(10-8-33)68-15-13-50(2,3)4)31-19-38(46(63)43(21-31)70-27-35(59)24-53)37-17-29(18-39(49(66)67)55-47(28)64)6-11-42(37)69-26-34(58)23-52/h6-11,17,19,21-22,25,28,30,34-35,39,45,58-59,63H,12-16,18,20,23-24,26-27,51-53H2,1-5H3,(H,55,64)(H,66,67)/t28-,30-,34-,35-,39+,45+/m1/s1. The number of ketones is 2. The van der Waals surface area contributed by atoms with E-state index in [1.165, 1.54) is 44.4 Å². The molecule has 11 N–H and O–H groups in total. The number of rotatable bonds is 20. The number of phenols is 1. The van der Waals surface area contributed by atoms with Gasteiger partial charge in [-0.3, -0.25) is 24.0 Å². The Bertz CT molecular complexity index is 2560. The van der Waals surface area contributed by atoms with Gasteiger partial charge >= 0.3 is 5.97 Å². The number of aliphatic hydroxyl groups is 2. The Labute approximate surface area is 405 Å². The van der Waals surface area contributed by atoms with Crippen LogP contribution in [0.15, 0.2) is 71.7 Å². The number of aromatic hydroxyl groups is 1. The predicted octanol–water partition coefficient (Wildman–Crippen LogP) is 2.28. The number of phenolic OH excluding ortho intramolecular Hbond substituents is 1. The molecular formula is C50H65N7O13. The van der Waals surface area contributed by atoms with Crippen LogP contribution in [0.5, 0.6) is 23.0 Å². The van der Waals surface area contributed by atoms with Gasteiger partial charge in [-0.2, -0.15) is 9.78 Å². The van der Waals surface area contributed by atoms with Gasteiger partial charge in [0.25, 0.3) is 5.56 Å². The number of amides is 2. The summed E-state index contributed by atoms with van der Waals surface area (Å²) >= 11 is 0. The van der Waals surface area contributed by atoms with Gasteiger partial charge in [0.1, 0.15) is 49.0 Å². The number of aliphatic hydroxyl groups excluding tert-OH is 2. The third kappa shape index (κ3) is 14.2. The first-order chi connectivity index (χ1) is 33.1. The van der Waals surface area contributed by atoms with E-state index in [2.05, 4.69) is 31.2 Å². The number of nitrogens with two attached hydrogens (primary N) is 3. The molecular weight excluding hydrogens is 907 g/mol. The molecule has 378 valence electrons. The maximum absolute atomic E-state index is 14.8. The van der Waals surface area contributed by atoms with E-state index < -0.39 is 96.2 Å². The van der Waals surface area contributed by atoms with Gasteiger partial charge in [-0.05, 0) is 84.5 Å². The summed E-state index contributed by atoms with van der Waals surface area (Å²) in [7, 11) is 1.32. The summed E-state index contributed by atoms with van der Waals surface area (Å²) < 4.78 is 18.8. The number of aromatic nitrogens is 2. The summed E-state index contributed by atoms with van der Waals surface area (Å²) in [5.41, 5.74) is 17.7. The number of benzene rings is 3. The first-order valence-corrected chi connectivity index (χ1v) is 23.0. The van der Waals surface area contributed by atoms with Crippen LogP contribution in [-0.4, -0.2) is 129 Å². The number of carbonyl (C=O) groups excluding carboxylic acids is 4. The fraction of sp³-hybridized carbons (Fsp3) is 0.460. The number of hydrogen-bond donors (Lipinski definition) is 8. The maximum Gasteiger partial charge on any atom is 0.326 e. The van der Waals surface area contributed by atoms with Crippen molar-refractivity contribution in [2.24, 2.45) is 34.5 Å². The number of hydrogen-bond acceptors (Lipinski definition) is 16.